The molecule has 0 unspecified atom stereocenters. The van der Waals surface area contributed by atoms with Crippen LogP contribution in [-0.2, 0) is 9.47 Å². The van der Waals surface area contributed by atoms with Gasteiger partial charge >= 0.3 is 11.9 Å². The zero-order valence-electron chi connectivity index (χ0n) is 17.1. The molecule has 0 aliphatic heterocycles. The number of aliphatic hydroxyl groups is 1. The van der Waals surface area contributed by atoms with Crippen molar-refractivity contribution in [2.45, 2.75) is 25.3 Å². The average Bonchev–Trinajstić information content (AvgIpc) is 2.79. The molecule has 6 nitrogen and oxygen atoms in total. The van der Waals surface area contributed by atoms with E-state index in [-0.39, 0.29) is 11.1 Å². The Hall–Kier alpha value is -3.58. The van der Waals surface area contributed by atoms with Gasteiger partial charge in [-0.1, -0.05) is 43.5 Å². The molecule has 0 radical (unpaired) electrons. The van der Waals surface area contributed by atoms with E-state index in [1.165, 1.54) is 12.1 Å². The van der Waals surface area contributed by atoms with Gasteiger partial charge in [-0.2, -0.15) is 0 Å². The van der Waals surface area contributed by atoms with E-state index in [0.29, 0.717) is 6.21 Å². The van der Waals surface area contributed by atoms with Crippen LogP contribution in [0.4, 0.5) is 4.39 Å². The summed E-state index contributed by atoms with van der Waals surface area (Å²) in [4.78, 5) is 24.6. The largest absolute Gasteiger partial charge is 0.459 e. The van der Waals surface area contributed by atoms with Gasteiger partial charge in [-0.3, -0.25) is 0 Å². The first-order chi connectivity index (χ1) is 14.8. The first kappa shape index (κ1) is 23.7. The van der Waals surface area contributed by atoms with Crippen LogP contribution in [0.2, 0.25) is 0 Å². The van der Waals surface area contributed by atoms with Crippen LogP contribution >= 0.6 is 0 Å². The van der Waals surface area contributed by atoms with Gasteiger partial charge in [-0.15, -0.1) is 0 Å². The van der Waals surface area contributed by atoms with Gasteiger partial charge in [0.2, 0.25) is 0 Å². The minimum Gasteiger partial charge on any atom is -0.459 e. The fraction of sp³-hybridized carbons (Fsp3) is 0.208. The highest BCUT2D eigenvalue weighted by Gasteiger charge is 2.32. The number of aryl methyl sites for hydroxylation is 1. The molecule has 7 heteroatoms. The van der Waals surface area contributed by atoms with E-state index in [1.807, 2.05) is 0 Å². The van der Waals surface area contributed by atoms with Gasteiger partial charge in [-0.05, 0) is 47.9 Å². The second-order valence-corrected chi connectivity index (χ2v) is 6.75. The van der Waals surface area contributed by atoms with E-state index in [4.69, 9.17) is 14.9 Å². The molecule has 2 N–H and O–H groups in total. The van der Waals surface area contributed by atoms with Gasteiger partial charge in [0.15, 0.2) is 12.3 Å². The number of aliphatic hydroxyl groups excluding tert-OH is 1. The topological polar surface area (TPSA) is 96.7 Å². The summed E-state index contributed by atoms with van der Waals surface area (Å²) >= 11 is 0. The highest BCUT2D eigenvalue weighted by atomic mass is 19.1. The Labute approximate surface area is 180 Å². The van der Waals surface area contributed by atoms with Crippen LogP contribution in [0.1, 0.15) is 37.4 Å². The molecule has 0 aromatic heterocycles. The fourth-order valence-corrected chi connectivity index (χ4v) is 2.77. The van der Waals surface area contributed by atoms with Crippen LogP contribution < -0.4 is 0 Å². The van der Waals surface area contributed by atoms with E-state index in [2.05, 4.69) is 13.2 Å². The molecule has 0 aliphatic rings. The van der Waals surface area contributed by atoms with Crippen molar-refractivity contribution in [1.82, 2.24) is 0 Å². The number of alkyl halides is 1. The summed E-state index contributed by atoms with van der Waals surface area (Å²) in [5.74, 6) is -1.61. The Morgan fingerprint density at radius 1 is 1.10 bits per heavy atom. The van der Waals surface area contributed by atoms with Gasteiger partial charge in [0.05, 0.1) is 11.1 Å². The third kappa shape index (κ3) is 6.20. The van der Waals surface area contributed by atoms with Crippen molar-refractivity contribution in [3.05, 3.63) is 83.4 Å². The number of carbonyl (C=O) groups is 2. The van der Waals surface area contributed by atoms with E-state index < -0.39 is 36.9 Å². The van der Waals surface area contributed by atoms with Crippen molar-refractivity contribution in [3.63, 3.8) is 0 Å². The van der Waals surface area contributed by atoms with Crippen LogP contribution in [0.5, 0.6) is 0 Å². The van der Waals surface area contributed by atoms with Crippen molar-refractivity contribution in [2.24, 2.45) is 0 Å². The SMILES string of the molecule is C=Cc1ccc(C(=O)O[C@@H]([C@H](F)C=N)[C@H](O)COC(=O)c2ccc(C=C)c(C)c2)cc1. The van der Waals surface area contributed by atoms with Gasteiger partial charge < -0.3 is 20.0 Å². The standard InChI is InChI=1S/C24H24FNO5/c1-4-16-6-8-18(9-7-16)24(29)31-22(20(25)13-26)21(27)14-30-23(28)19-11-10-17(5-2)15(3)12-19/h4-13,20-22,26-27H,1-2,14H2,3H3/t20-,21-,22+/m1/s1. The van der Waals surface area contributed by atoms with Crippen molar-refractivity contribution < 1.29 is 28.6 Å². The Morgan fingerprint density at radius 2 is 1.74 bits per heavy atom. The molecule has 0 bridgehead atoms. The molecular weight excluding hydrogens is 401 g/mol. The number of carbonyl (C=O) groups excluding carboxylic acids is 2. The van der Waals surface area contributed by atoms with Gasteiger partial charge in [-0.25, -0.2) is 14.0 Å². The van der Waals surface area contributed by atoms with E-state index >= 15 is 0 Å². The molecule has 2 aromatic rings. The Morgan fingerprint density at radius 3 is 2.29 bits per heavy atom. The molecule has 3 atom stereocenters. The van der Waals surface area contributed by atoms with Crippen molar-refractivity contribution >= 4 is 30.3 Å². The Kier molecular flexibility index (Phi) is 8.40. The van der Waals surface area contributed by atoms with E-state index in [9.17, 15) is 19.1 Å². The molecule has 31 heavy (non-hydrogen) atoms. The van der Waals surface area contributed by atoms with Crippen LogP contribution in [0, 0.1) is 12.3 Å². The van der Waals surface area contributed by atoms with E-state index in [1.54, 1.807) is 49.4 Å². The molecule has 0 saturated carbocycles. The normalized spacial score (nSPS) is 13.4. The summed E-state index contributed by atoms with van der Waals surface area (Å²) in [6.07, 6.45) is -1.83. The monoisotopic (exact) mass is 425 g/mol. The molecule has 0 spiro atoms. The lowest BCUT2D eigenvalue weighted by Gasteiger charge is -2.24. The number of halogens is 1. The lowest BCUT2D eigenvalue weighted by atomic mass is 10.1. The fourth-order valence-electron chi connectivity index (χ4n) is 2.77. The molecule has 0 saturated heterocycles. The molecule has 2 rings (SSSR count). The molecule has 162 valence electrons. The number of rotatable bonds is 10. The summed E-state index contributed by atoms with van der Waals surface area (Å²) in [6, 6.07) is 11.0. The summed E-state index contributed by atoms with van der Waals surface area (Å²) in [5, 5.41) is 17.4. The zero-order chi connectivity index (χ0) is 23.0. The summed E-state index contributed by atoms with van der Waals surface area (Å²) in [7, 11) is 0. The highest BCUT2D eigenvalue weighted by Crippen LogP contribution is 2.16. The summed E-state index contributed by atoms with van der Waals surface area (Å²) in [6.45, 7) is 8.47. The van der Waals surface area contributed by atoms with E-state index in [0.717, 1.165) is 16.7 Å². The maximum atomic E-state index is 14.2. The third-order valence-electron chi connectivity index (χ3n) is 4.59. The smallest absolute Gasteiger partial charge is 0.338 e. The maximum Gasteiger partial charge on any atom is 0.338 e. The number of nitrogens with one attached hydrogen (secondary N) is 1. The van der Waals surface area contributed by atoms with Crippen molar-refractivity contribution in [1.29, 1.82) is 5.41 Å². The first-order valence-corrected chi connectivity index (χ1v) is 9.47. The minimum atomic E-state index is -2.08. The average molecular weight is 425 g/mol. The summed E-state index contributed by atoms with van der Waals surface area (Å²) < 4.78 is 24.3. The lowest BCUT2D eigenvalue weighted by molar-refractivity contribution is -0.0591. The number of ether oxygens (including phenoxy) is 2. The van der Waals surface area contributed by atoms with Crippen molar-refractivity contribution in [3.8, 4) is 0 Å². The van der Waals surface area contributed by atoms with Crippen LogP contribution in [0.3, 0.4) is 0 Å². The number of hydrogen-bond acceptors (Lipinski definition) is 6. The van der Waals surface area contributed by atoms with Crippen LogP contribution in [0.25, 0.3) is 12.2 Å². The quantitative estimate of drug-likeness (QED) is 0.443. The molecule has 0 fully saturated rings. The molecule has 0 heterocycles. The zero-order valence-corrected chi connectivity index (χ0v) is 17.1. The molecular formula is C24H24FNO5. The summed E-state index contributed by atoms with van der Waals surface area (Å²) in [5.41, 5.74) is 2.83. The predicted octanol–water partition coefficient (Wildman–Crippen LogP) is 4.01. The Balaban J connectivity index is 2.05. The second-order valence-electron chi connectivity index (χ2n) is 6.75. The number of esters is 2. The van der Waals surface area contributed by atoms with Crippen LogP contribution in [-0.4, -0.2) is 48.2 Å². The lowest BCUT2D eigenvalue weighted by Crippen LogP contribution is -2.42. The predicted molar refractivity (Wildman–Crippen MR) is 117 cm³/mol. The molecule has 0 aliphatic carbocycles. The molecule has 2 aromatic carbocycles. The van der Waals surface area contributed by atoms with Crippen LogP contribution in [0.15, 0.2) is 55.6 Å². The van der Waals surface area contributed by atoms with Crippen molar-refractivity contribution in [2.75, 3.05) is 6.61 Å². The number of hydrogen-bond donors (Lipinski definition) is 2. The second kappa shape index (κ2) is 11.0. The molecule has 0 amide bonds. The third-order valence-corrected chi connectivity index (χ3v) is 4.59. The maximum absolute atomic E-state index is 14.2. The van der Waals surface area contributed by atoms with Gasteiger partial charge in [0.1, 0.15) is 12.7 Å². The van der Waals surface area contributed by atoms with Gasteiger partial charge in [0.25, 0.3) is 0 Å². The number of benzene rings is 2. The highest BCUT2D eigenvalue weighted by molar-refractivity contribution is 5.90. The first-order valence-electron chi connectivity index (χ1n) is 9.47. The minimum absolute atomic E-state index is 0.134. The van der Waals surface area contributed by atoms with Gasteiger partial charge in [0, 0.05) is 6.21 Å². The Bertz CT molecular complexity index is 970.